The third-order valence-electron chi connectivity index (χ3n) is 3.02. The number of hydrogen-bond acceptors (Lipinski definition) is 4. The number of aromatic nitrogens is 2. The Bertz CT molecular complexity index is 341. The molecule has 1 aromatic heterocycles. The first-order valence-corrected chi connectivity index (χ1v) is 6.14. The molecule has 1 aromatic rings. The molecule has 0 fully saturated rings. The van der Waals surface area contributed by atoms with Gasteiger partial charge in [0.15, 0.2) is 0 Å². The summed E-state index contributed by atoms with van der Waals surface area (Å²) in [5.74, 6) is 1.45. The molecule has 0 spiro atoms. The van der Waals surface area contributed by atoms with Crippen LogP contribution in [-0.2, 0) is 0 Å². The summed E-state index contributed by atoms with van der Waals surface area (Å²) in [6.45, 7) is 9.66. The van der Waals surface area contributed by atoms with Crippen molar-refractivity contribution in [3.8, 4) is 5.88 Å². The molecule has 0 aliphatic heterocycles. The lowest BCUT2D eigenvalue weighted by atomic mass is 9.92. The largest absolute Gasteiger partial charge is 0.480 e. The van der Waals surface area contributed by atoms with E-state index >= 15 is 0 Å². The fourth-order valence-electron chi connectivity index (χ4n) is 1.67. The van der Waals surface area contributed by atoms with Crippen LogP contribution in [0.2, 0.25) is 0 Å². The number of methoxy groups -OCH3 is 1. The molecule has 0 aromatic carbocycles. The van der Waals surface area contributed by atoms with E-state index < -0.39 is 0 Å². The van der Waals surface area contributed by atoms with Crippen molar-refractivity contribution in [2.75, 3.05) is 13.7 Å². The summed E-state index contributed by atoms with van der Waals surface area (Å²) in [6.07, 6.45) is 3.38. The number of hydrogen-bond donors (Lipinski definition) is 1. The van der Waals surface area contributed by atoms with E-state index in [1.165, 1.54) is 0 Å². The monoisotopic (exact) mass is 237 g/mol. The summed E-state index contributed by atoms with van der Waals surface area (Å²) in [4.78, 5) is 8.57. The quantitative estimate of drug-likeness (QED) is 0.824. The van der Waals surface area contributed by atoms with Gasteiger partial charge in [-0.3, -0.25) is 4.98 Å². The molecule has 1 N–H and O–H groups in total. The molecule has 0 amide bonds. The third kappa shape index (κ3) is 3.97. The van der Waals surface area contributed by atoms with E-state index in [-0.39, 0.29) is 0 Å². The molecule has 17 heavy (non-hydrogen) atoms. The van der Waals surface area contributed by atoms with Gasteiger partial charge in [0.2, 0.25) is 5.88 Å². The zero-order valence-corrected chi connectivity index (χ0v) is 11.4. The molecule has 0 saturated carbocycles. The van der Waals surface area contributed by atoms with E-state index in [4.69, 9.17) is 4.74 Å². The lowest BCUT2D eigenvalue weighted by molar-refractivity contribution is 0.365. The highest BCUT2D eigenvalue weighted by Crippen LogP contribution is 2.27. The fourth-order valence-corrected chi connectivity index (χ4v) is 1.67. The second kappa shape index (κ2) is 6.55. The van der Waals surface area contributed by atoms with Crippen LogP contribution < -0.4 is 10.1 Å². The van der Waals surface area contributed by atoms with Gasteiger partial charge in [-0.1, -0.05) is 27.7 Å². The third-order valence-corrected chi connectivity index (χ3v) is 3.02. The van der Waals surface area contributed by atoms with Gasteiger partial charge in [-0.05, 0) is 12.5 Å². The summed E-state index contributed by atoms with van der Waals surface area (Å²) < 4.78 is 5.25. The first-order chi connectivity index (χ1) is 8.06. The minimum atomic E-state index is 0.324. The minimum Gasteiger partial charge on any atom is -0.480 e. The standard InChI is InChI=1S/C13H23N3O/c1-9(2)16-8-10(3)11(4)12-13(17-5)15-7-6-14-12/h6-7,9-11,16H,8H2,1-5H3. The predicted molar refractivity (Wildman–Crippen MR) is 69.3 cm³/mol. The molecule has 1 heterocycles. The number of nitrogens with zero attached hydrogens (tertiary/aromatic N) is 2. The van der Waals surface area contributed by atoms with E-state index in [2.05, 4.69) is 43.0 Å². The molecule has 96 valence electrons. The Kier molecular flexibility index (Phi) is 5.35. The van der Waals surface area contributed by atoms with Gasteiger partial charge in [0.05, 0.1) is 7.11 Å². The van der Waals surface area contributed by atoms with Crippen molar-refractivity contribution < 1.29 is 4.74 Å². The van der Waals surface area contributed by atoms with E-state index in [1.54, 1.807) is 19.5 Å². The molecule has 4 heteroatoms. The van der Waals surface area contributed by atoms with Crippen LogP contribution in [0.15, 0.2) is 12.4 Å². The predicted octanol–water partition coefficient (Wildman–Crippen LogP) is 2.22. The number of nitrogens with one attached hydrogen (secondary N) is 1. The highest BCUT2D eigenvalue weighted by Gasteiger charge is 2.20. The zero-order valence-electron chi connectivity index (χ0n) is 11.4. The van der Waals surface area contributed by atoms with Crippen molar-refractivity contribution in [3.05, 3.63) is 18.1 Å². The van der Waals surface area contributed by atoms with Gasteiger partial charge in [0, 0.05) is 24.4 Å². The SMILES string of the molecule is COc1nccnc1C(C)C(C)CNC(C)C. The normalized spacial score (nSPS) is 14.7. The van der Waals surface area contributed by atoms with Gasteiger partial charge < -0.3 is 10.1 Å². The highest BCUT2D eigenvalue weighted by atomic mass is 16.5. The Hall–Kier alpha value is -1.16. The molecule has 1 rings (SSSR count). The Morgan fingerprint density at radius 1 is 1.18 bits per heavy atom. The lowest BCUT2D eigenvalue weighted by Crippen LogP contribution is -2.30. The van der Waals surface area contributed by atoms with E-state index in [0.717, 1.165) is 12.2 Å². The average molecular weight is 237 g/mol. The van der Waals surface area contributed by atoms with E-state index in [9.17, 15) is 0 Å². The van der Waals surface area contributed by atoms with E-state index in [1.807, 2.05) is 0 Å². The molecule has 2 unspecified atom stereocenters. The summed E-state index contributed by atoms with van der Waals surface area (Å²) in [7, 11) is 1.64. The Balaban J connectivity index is 2.70. The average Bonchev–Trinajstić information content (AvgIpc) is 2.34. The van der Waals surface area contributed by atoms with Gasteiger partial charge in [0.25, 0.3) is 0 Å². The molecular weight excluding hydrogens is 214 g/mol. The van der Waals surface area contributed by atoms with Crippen LogP contribution in [0.4, 0.5) is 0 Å². The lowest BCUT2D eigenvalue weighted by Gasteiger charge is -2.22. The van der Waals surface area contributed by atoms with Crippen LogP contribution in [0, 0.1) is 5.92 Å². The number of rotatable bonds is 6. The summed E-state index contributed by atoms with van der Waals surface area (Å²) in [5, 5.41) is 3.44. The summed E-state index contributed by atoms with van der Waals surface area (Å²) in [6, 6.07) is 0.508. The van der Waals surface area contributed by atoms with Crippen molar-refractivity contribution in [3.63, 3.8) is 0 Å². The second-order valence-corrected chi connectivity index (χ2v) is 4.78. The topological polar surface area (TPSA) is 47.0 Å². The number of ether oxygens (including phenoxy) is 1. The first kappa shape index (κ1) is 13.9. The molecule has 0 saturated heterocycles. The molecule has 0 bridgehead atoms. The van der Waals surface area contributed by atoms with Crippen LogP contribution in [-0.4, -0.2) is 29.7 Å². The van der Waals surface area contributed by atoms with Crippen LogP contribution >= 0.6 is 0 Å². The van der Waals surface area contributed by atoms with Crippen molar-refractivity contribution in [1.82, 2.24) is 15.3 Å². The molecule has 0 aliphatic carbocycles. The van der Waals surface area contributed by atoms with Crippen molar-refractivity contribution in [2.45, 2.75) is 39.7 Å². The van der Waals surface area contributed by atoms with Crippen molar-refractivity contribution in [2.24, 2.45) is 5.92 Å². The fraction of sp³-hybridized carbons (Fsp3) is 0.692. The van der Waals surface area contributed by atoms with Crippen molar-refractivity contribution in [1.29, 1.82) is 0 Å². The molecule has 2 atom stereocenters. The zero-order chi connectivity index (χ0) is 12.8. The Morgan fingerprint density at radius 3 is 2.41 bits per heavy atom. The maximum Gasteiger partial charge on any atom is 0.235 e. The van der Waals surface area contributed by atoms with Crippen LogP contribution in [0.3, 0.4) is 0 Å². The summed E-state index contributed by atoms with van der Waals surface area (Å²) >= 11 is 0. The highest BCUT2D eigenvalue weighted by molar-refractivity contribution is 5.21. The maximum atomic E-state index is 5.25. The minimum absolute atomic E-state index is 0.324. The van der Waals surface area contributed by atoms with Crippen molar-refractivity contribution >= 4 is 0 Å². The van der Waals surface area contributed by atoms with E-state index in [0.29, 0.717) is 23.8 Å². The van der Waals surface area contributed by atoms with Gasteiger partial charge >= 0.3 is 0 Å². The Morgan fingerprint density at radius 2 is 1.82 bits per heavy atom. The molecular formula is C13H23N3O. The first-order valence-electron chi connectivity index (χ1n) is 6.14. The Labute approximate surface area is 104 Å². The molecule has 0 aliphatic rings. The van der Waals surface area contributed by atoms with Gasteiger partial charge in [0.1, 0.15) is 5.69 Å². The van der Waals surface area contributed by atoms with Crippen LogP contribution in [0.25, 0.3) is 0 Å². The summed E-state index contributed by atoms with van der Waals surface area (Å²) in [5.41, 5.74) is 0.938. The smallest absolute Gasteiger partial charge is 0.235 e. The van der Waals surface area contributed by atoms with Gasteiger partial charge in [-0.2, -0.15) is 0 Å². The molecule has 4 nitrogen and oxygen atoms in total. The molecule has 0 radical (unpaired) electrons. The maximum absolute atomic E-state index is 5.25. The van der Waals surface area contributed by atoms with Gasteiger partial charge in [-0.25, -0.2) is 4.98 Å². The van der Waals surface area contributed by atoms with Crippen LogP contribution in [0.5, 0.6) is 5.88 Å². The second-order valence-electron chi connectivity index (χ2n) is 4.78. The van der Waals surface area contributed by atoms with Gasteiger partial charge in [-0.15, -0.1) is 0 Å². The van der Waals surface area contributed by atoms with Crippen LogP contribution in [0.1, 0.15) is 39.3 Å².